The third-order valence-corrected chi connectivity index (χ3v) is 3.24. The second-order valence-electron chi connectivity index (χ2n) is 5.18. The summed E-state index contributed by atoms with van der Waals surface area (Å²) in [5.74, 6) is 0.935. The van der Waals surface area contributed by atoms with Gasteiger partial charge in [-0.15, -0.1) is 24.0 Å². The molecule has 6 heteroatoms. The van der Waals surface area contributed by atoms with E-state index in [9.17, 15) is 5.11 Å². The molecule has 18 heavy (non-hydrogen) atoms. The average Bonchev–Trinajstić information content (AvgIpc) is 2.29. The van der Waals surface area contributed by atoms with Crippen LogP contribution in [0.15, 0.2) is 4.99 Å². The maximum absolute atomic E-state index is 9.58. The number of hydrogen-bond acceptors (Lipinski definition) is 3. The van der Waals surface area contributed by atoms with Crippen LogP contribution in [-0.4, -0.2) is 75.4 Å². The molecule has 0 aromatic rings. The van der Waals surface area contributed by atoms with E-state index in [0.29, 0.717) is 6.54 Å². The zero-order chi connectivity index (χ0) is 12.9. The molecule has 1 N–H and O–H groups in total. The molecule has 0 atom stereocenters. The molecule has 1 rings (SSSR count). The van der Waals surface area contributed by atoms with Gasteiger partial charge in [0, 0.05) is 46.8 Å². The van der Waals surface area contributed by atoms with Crippen LogP contribution in [0.3, 0.4) is 0 Å². The second-order valence-corrected chi connectivity index (χ2v) is 5.18. The van der Waals surface area contributed by atoms with E-state index in [0.717, 1.165) is 32.0 Å². The normalized spacial score (nSPS) is 17.6. The molecule has 0 spiro atoms. The highest BCUT2D eigenvalue weighted by atomic mass is 127. The molecule has 1 aliphatic heterocycles. The van der Waals surface area contributed by atoms with Gasteiger partial charge in [-0.2, -0.15) is 0 Å². The number of aliphatic hydroxyl groups is 1. The van der Waals surface area contributed by atoms with E-state index in [1.54, 1.807) is 0 Å². The fraction of sp³-hybridized carbons (Fsp3) is 0.917. The molecule has 1 aliphatic rings. The summed E-state index contributed by atoms with van der Waals surface area (Å²) in [7, 11) is 7.92. The van der Waals surface area contributed by atoms with Crippen molar-refractivity contribution in [1.82, 2.24) is 9.80 Å². The lowest BCUT2D eigenvalue weighted by Gasteiger charge is -2.34. The third-order valence-electron chi connectivity index (χ3n) is 3.24. The van der Waals surface area contributed by atoms with Crippen molar-refractivity contribution < 1.29 is 9.84 Å². The van der Waals surface area contributed by atoms with Crippen molar-refractivity contribution in [2.24, 2.45) is 10.4 Å². The van der Waals surface area contributed by atoms with Crippen LogP contribution >= 0.6 is 24.0 Å². The number of aliphatic imine (C=N–C) groups is 1. The lowest BCUT2D eigenvalue weighted by molar-refractivity contribution is -0.0107. The molecule has 0 unspecified atom stereocenters. The zero-order valence-electron chi connectivity index (χ0n) is 11.8. The van der Waals surface area contributed by atoms with Crippen molar-refractivity contribution in [2.45, 2.75) is 12.8 Å². The molecule has 0 radical (unpaired) electrons. The number of aliphatic hydroxyl groups excluding tert-OH is 1. The van der Waals surface area contributed by atoms with Gasteiger partial charge in [0.2, 0.25) is 0 Å². The summed E-state index contributed by atoms with van der Waals surface area (Å²) in [4.78, 5) is 8.62. The molecule has 0 saturated carbocycles. The summed E-state index contributed by atoms with van der Waals surface area (Å²) >= 11 is 0. The maximum Gasteiger partial charge on any atom is 0.195 e. The molecule has 1 heterocycles. The summed E-state index contributed by atoms with van der Waals surface area (Å²) in [6.07, 6.45) is 1.78. The number of halogens is 1. The number of ether oxygens (including phenoxy) is 1. The molecular formula is C12H26IN3O2. The summed E-state index contributed by atoms with van der Waals surface area (Å²) < 4.78 is 5.35. The Morgan fingerprint density at radius 1 is 1.17 bits per heavy atom. The fourth-order valence-electron chi connectivity index (χ4n) is 2.09. The summed E-state index contributed by atoms with van der Waals surface area (Å²) in [5, 5.41) is 9.58. The highest BCUT2D eigenvalue weighted by Gasteiger charge is 2.32. The summed E-state index contributed by atoms with van der Waals surface area (Å²) in [5.41, 5.74) is -0.0878. The van der Waals surface area contributed by atoms with Crippen LogP contribution in [0.5, 0.6) is 0 Å². The monoisotopic (exact) mass is 371 g/mol. The molecule has 1 fully saturated rings. The molecule has 1 saturated heterocycles. The van der Waals surface area contributed by atoms with E-state index in [1.165, 1.54) is 0 Å². The molecule has 0 amide bonds. The molecule has 0 aliphatic carbocycles. The first kappa shape index (κ1) is 17.9. The van der Waals surface area contributed by atoms with Crippen LogP contribution < -0.4 is 0 Å². The van der Waals surface area contributed by atoms with Crippen molar-refractivity contribution in [2.75, 3.05) is 54.6 Å². The van der Waals surface area contributed by atoms with E-state index in [4.69, 9.17) is 4.74 Å². The number of nitrogens with zero attached hydrogens (tertiary/aromatic N) is 3. The molecular weight excluding hydrogens is 345 g/mol. The van der Waals surface area contributed by atoms with Gasteiger partial charge in [0.25, 0.3) is 0 Å². The van der Waals surface area contributed by atoms with Crippen LogP contribution in [0.2, 0.25) is 0 Å². The van der Waals surface area contributed by atoms with Crippen molar-refractivity contribution >= 4 is 29.9 Å². The lowest BCUT2D eigenvalue weighted by Crippen LogP contribution is -2.39. The Hall–Kier alpha value is -0.0800. The van der Waals surface area contributed by atoms with Crippen LogP contribution in [0.25, 0.3) is 0 Å². The van der Waals surface area contributed by atoms with Crippen LogP contribution in [0, 0.1) is 5.41 Å². The number of hydrogen-bond donors (Lipinski definition) is 1. The molecule has 108 valence electrons. The van der Waals surface area contributed by atoms with Crippen LogP contribution in [-0.2, 0) is 4.74 Å². The Kier molecular flexibility index (Phi) is 8.13. The highest BCUT2D eigenvalue weighted by Crippen LogP contribution is 2.30. The predicted molar refractivity (Wildman–Crippen MR) is 84.7 cm³/mol. The van der Waals surface area contributed by atoms with Gasteiger partial charge in [0.05, 0.1) is 13.2 Å². The minimum Gasteiger partial charge on any atom is -0.396 e. The second kappa shape index (κ2) is 8.16. The Bertz CT molecular complexity index is 254. The maximum atomic E-state index is 9.58. The predicted octanol–water partition coefficient (Wildman–Crippen LogP) is 0.873. The minimum absolute atomic E-state index is 0. The minimum atomic E-state index is -0.0878. The third kappa shape index (κ3) is 4.89. The smallest absolute Gasteiger partial charge is 0.195 e. The van der Waals surface area contributed by atoms with Gasteiger partial charge < -0.3 is 19.6 Å². The van der Waals surface area contributed by atoms with Gasteiger partial charge in [-0.05, 0) is 12.8 Å². The number of rotatable bonds is 3. The van der Waals surface area contributed by atoms with Gasteiger partial charge in [-0.3, -0.25) is 4.99 Å². The molecule has 0 aromatic heterocycles. The van der Waals surface area contributed by atoms with Crippen LogP contribution in [0.1, 0.15) is 12.8 Å². The van der Waals surface area contributed by atoms with E-state index in [1.807, 2.05) is 38.0 Å². The molecule has 0 bridgehead atoms. The van der Waals surface area contributed by atoms with E-state index < -0.39 is 0 Å². The lowest BCUT2D eigenvalue weighted by atomic mass is 9.81. The quantitative estimate of drug-likeness (QED) is 0.455. The summed E-state index contributed by atoms with van der Waals surface area (Å²) in [6.45, 7) is 2.32. The highest BCUT2D eigenvalue weighted by molar-refractivity contribution is 14.0. The van der Waals surface area contributed by atoms with Gasteiger partial charge in [-0.1, -0.05) is 0 Å². The van der Waals surface area contributed by atoms with Gasteiger partial charge in [0.15, 0.2) is 5.96 Å². The fourth-order valence-corrected chi connectivity index (χ4v) is 2.09. The SMILES string of the molecule is CN(C)C(=NCC1(CO)CCOCC1)N(C)C.I. The standard InChI is InChI=1S/C12H25N3O2.HI/c1-14(2)11(15(3)4)13-9-12(10-16)5-7-17-8-6-12;/h16H,5-10H2,1-4H3;1H. The molecule has 5 nitrogen and oxygen atoms in total. The first-order valence-electron chi connectivity index (χ1n) is 6.08. The van der Waals surface area contributed by atoms with Crippen molar-refractivity contribution in [3.8, 4) is 0 Å². The van der Waals surface area contributed by atoms with Crippen molar-refractivity contribution in [1.29, 1.82) is 0 Å². The zero-order valence-corrected chi connectivity index (χ0v) is 14.2. The first-order valence-corrected chi connectivity index (χ1v) is 6.08. The Morgan fingerprint density at radius 2 is 1.67 bits per heavy atom. The van der Waals surface area contributed by atoms with Gasteiger partial charge >= 0.3 is 0 Å². The van der Waals surface area contributed by atoms with E-state index in [2.05, 4.69) is 4.99 Å². The van der Waals surface area contributed by atoms with E-state index in [-0.39, 0.29) is 36.0 Å². The topological polar surface area (TPSA) is 48.3 Å². The van der Waals surface area contributed by atoms with Gasteiger partial charge in [-0.25, -0.2) is 0 Å². The Morgan fingerprint density at radius 3 is 2.06 bits per heavy atom. The van der Waals surface area contributed by atoms with E-state index >= 15 is 0 Å². The van der Waals surface area contributed by atoms with Crippen molar-refractivity contribution in [3.63, 3.8) is 0 Å². The van der Waals surface area contributed by atoms with Gasteiger partial charge in [0.1, 0.15) is 0 Å². The number of guanidine groups is 1. The average molecular weight is 371 g/mol. The Labute approximate surface area is 127 Å². The van der Waals surface area contributed by atoms with Crippen LogP contribution in [0.4, 0.5) is 0 Å². The van der Waals surface area contributed by atoms with Crippen molar-refractivity contribution in [3.05, 3.63) is 0 Å². The summed E-state index contributed by atoms with van der Waals surface area (Å²) in [6, 6.07) is 0. The first-order chi connectivity index (χ1) is 8.01. The largest absolute Gasteiger partial charge is 0.396 e. The molecule has 0 aromatic carbocycles. The Balaban J connectivity index is 0.00000289.